The summed E-state index contributed by atoms with van der Waals surface area (Å²) in [4.78, 5) is 48.3. The van der Waals surface area contributed by atoms with Gasteiger partial charge < -0.3 is 30.2 Å². The van der Waals surface area contributed by atoms with E-state index in [4.69, 9.17) is 4.74 Å². The number of carbonyl (C=O) groups is 3. The second-order valence-electron chi connectivity index (χ2n) is 13.8. The highest BCUT2D eigenvalue weighted by molar-refractivity contribution is 5.89. The predicted molar refractivity (Wildman–Crippen MR) is 181 cm³/mol. The standard InChI is InChI=1S/C37H46N6O4/c1-22(2)16-31(41-37(46)40-29-18-25-14-15-26(29)17-25)35(44)39-30(19-27-20-43(4)32-13-9-8-12-28(27)32)34-38-23(3)33(42-34)36(45)47-21-24-10-6-5-7-11-24/h5-13,20,22,25-26,29-31H,14-19,21H2,1-4H3,(H,38,42)(H,39,44)(H2,40,41,46)/t25-,26+,29-,30+,31-/m0/s1. The van der Waals surface area contributed by atoms with E-state index in [1.807, 2.05) is 63.4 Å². The largest absolute Gasteiger partial charge is 0.456 e. The first kappa shape index (κ1) is 32.3. The smallest absolute Gasteiger partial charge is 0.359 e. The topological polar surface area (TPSA) is 130 Å². The molecule has 3 amide bonds. The molecule has 10 heteroatoms. The van der Waals surface area contributed by atoms with Crippen molar-refractivity contribution >= 4 is 28.8 Å². The van der Waals surface area contributed by atoms with E-state index in [1.54, 1.807) is 6.92 Å². The number of rotatable bonds is 12. The number of para-hydroxylation sites is 1. The number of H-pyrrole nitrogens is 1. The first-order valence-corrected chi connectivity index (χ1v) is 16.8. The van der Waals surface area contributed by atoms with E-state index in [9.17, 15) is 14.4 Å². The molecular weight excluding hydrogens is 592 g/mol. The summed E-state index contributed by atoms with van der Waals surface area (Å²) in [7, 11) is 1.99. The SMILES string of the molecule is Cc1[nH]c([C@@H](Cc2cn(C)c3ccccc23)NC(=O)[C@H](CC(C)C)NC(=O)N[C@H]2C[C@H]3CC[C@@H]2C3)nc1C(=O)OCc1ccccc1. The monoisotopic (exact) mass is 638 g/mol. The quantitative estimate of drug-likeness (QED) is 0.144. The lowest BCUT2D eigenvalue weighted by Gasteiger charge is -2.27. The maximum atomic E-state index is 14.0. The number of esters is 1. The number of nitrogens with zero attached hydrogens (tertiary/aromatic N) is 2. The molecule has 4 aromatic rings. The number of aromatic amines is 1. The summed E-state index contributed by atoms with van der Waals surface area (Å²) >= 11 is 0. The Labute approximate surface area is 276 Å². The maximum absolute atomic E-state index is 14.0. The van der Waals surface area contributed by atoms with Crippen LogP contribution in [0.3, 0.4) is 0 Å². The predicted octanol–water partition coefficient (Wildman–Crippen LogP) is 5.87. The van der Waals surface area contributed by atoms with Crippen LogP contribution in [0.5, 0.6) is 0 Å². The molecule has 0 saturated heterocycles. The van der Waals surface area contributed by atoms with E-state index in [-0.39, 0.29) is 36.2 Å². The number of benzene rings is 2. The minimum atomic E-state index is -0.741. The summed E-state index contributed by atoms with van der Waals surface area (Å²) in [5.74, 6) is 1.01. The number of urea groups is 1. The Balaban J connectivity index is 1.23. The maximum Gasteiger partial charge on any atom is 0.359 e. The van der Waals surface area contributed by atoms with Crippen molar-refractivity contribution in [2.24, 2.45) is 24.8 Å². The number of imidazole rings is 1. The summed E-state index contributed by atoms with van der Waals surface area (Å²) in [5, 5.41) is 10.4. The van der Waals surface area contributed by atoms with Crippen molar-refractivity contribution in [2.75, 3.05) is 0 Å². The van der Waals surface area contributed by atoms with Crippen LogP contribution >= 0.6 is 0 Å². The number of nitrogens with one attached hydrogen (secondary N) is 4. The van der Waals surface area contributed by atoms with Gasteiger partial charge >= 0.3 is 12.0 Å². The van der Waals surface area contributed by atoms with Gasteiger partial charge in [0.1, 0.15) is 18.5 Å². The van der Waals surface area contributed by atoms with Crippen molar-refractivity contribution in [1.29, 1.82) is 0 Å². The van der Waals surface area contributed by atoms with Gasteiger partial charge in [-0.25, -0.2) is 14.6 Å². The first-order valence-electron chi connectivity index (χ1n) is 16.8. The van der Waals surface area contributed by atoms with Crippen molar-refractivity contribution in [3.8, 4) is 0 Å². The van der Waals surface area contributed by atoms with Gasteiger partial charge in [0.2, 0.25) is 5.91 Å². The Kier molecular flexibility index (Phi) is 9.66. The Morgan fingerprint density at radius 3 is 2.51 bits per heavy atom. The highest BCUT2D eigenvalue weighted by Gasteiger charge is 2.40. The molecule has 248 valence electrons. The molecule has 2 aromatic carbocycles. The molecule has 0 radical (unpaired) electrons. The summed E-state index contributed by atoms with van der Waals surface area (Å²) in [5.41, 5.74) is 3.71. The molecule has 0 aliphatic heterocycles. The van der Waals surface area contributed by atoms with E-state index in [1.165, 1.54) is 12.8 Å². The van der Waals surface area contributed by atoms with Crippen LogP contribution in [0.15, 0.2) is 60.8 Å². The van der Waals surface area contributed by atoms with E-state index in [0.29, 0.717) is 36.2 Å². The molecule has 6 rings (SSSR count). The zero-order valence-corrected chi connectivity index (χ0v) is 27.7. The van der Waals surface area contributed by atoms with Crippen LogP contribution in [0.25, 0.3) is 10.9 Å². The highest BCUT2D eigenvalue weighted by atomic mass is 16.5. The molecule has 2 aromatic heterocycles. The number of ether oxygens (including phenoxy) is 1. The zero-order valence-electron chi connectivity index (χ0n) is 27.7. The van der Waals surface area contributed by atoms with Gasteiger partial charge in [0.05, 0.1) is 6.04 Å². The molecule has 10 nitrogen and oxygen atoms in total. The minimum absolute atomic E-state index is 0.129. The third-order valence-electron chi connectivity index (χ3n) is 9.74. The number of hydrogen-bond acceptors (Lipinski definition) is 5. The van der Waals surface area contributed by atoms with Gasteiger partial charge in [-0.3, -0.25) is 4.79 Å². The Hall–Kier alpha value is -4.60. The second kappa shape index (κ2) is 14.0. The number of carbonyl (C=O) groups excluding carboxylic acids is 3. The van der Waals surface area contributed by atoms with E-state index < -0.39 is 18.1 Å². The van der Waals surface area contributed by atoms with E-state index in [2.05, 4.69) is 48.8 Å². The average molecular weight is 639 g/mol. The molecule has 2 aliphatic rings. The van der Waals surface area contributed by atoms with Crippen LogP contribution in [0.4, 0.5) is 4.79 Å². The molecular formula is C37H46N6O4. The van der Waals surface area contributed by atoms with Crippen LogP contribution in [0, 0.1) is 24.7 Å². The van der Waals surface area contributed by atoms with E-state index >= 15 is 0 Å². The number of aryl methyl sites for hydroxylation is 2. The third kappa shape index (κ3) is 7.53. The molecule has 2 bridgehead atoms. The van der Waals surface area contributed by atoms with Gasteiger partial charge in [-0.15, -0.1) is 0 Å². The lowest BCUT2D eigenvalue weighted by atomic mass is 9.95. The number of hydrogen-bond donors (Lipinski definition) is 4. The number of aromatic nitrogens is 3. The van der Waals surface area contributed by atoms with Gasteiger partial charge in [0.25, 0.3) is 0 Å². The van der Waals surface area contributed by atoms with Gasteiger partial charge in [-0.1, -0.05) is 68.8 Å². The van der Waals surface area contributed by atoms with Crippen LogP contribution in [0.1, 0.15) is 85.1 Å². The Morgan fingerprint density at radius 1 is 1.02 bits per heavy atom. The third-order valence-corrected chi connectivity index (χ3v) is 9.74. The van der Waals surface area contributed by atoms with Crippen molar-refractivity contribution in [3.05, 3.63) is 89.1 Å². The normalized spacial score (nSPS) is 19.9. The van der Waals surface area contributed by atoms with Gasteiger partial charge in [-0.05, 0) is 67.6 Å². The highest BCUT2D eigenvalue weighted by Crippen LogP contribution is 2.44. The lowest BCUT2D eigenvalue weighted by Crippen LogP contribution is -2.53. The zero-order chi connectivity index (χ0) is 33.1. The number of amides is 3. The van der Waals surface area contributed by atoms with Crippen LogP contribution in [-0.4, -0.2) is 44.5 Å². The average Bonchev–Trinajstić information content (AvgIpc) is 3.84. The fourth-order valence-corrected chi connectivity index (χ4v) is 7.43. The first-order chi connectivity index (χ1) is 22.6. The molecule has 2 fully saturated rings. The molecule has 5 atom stereocenters. The molecule has 2 aliphatic carbocycles. The van der Waals surface area contributed by atoms with E-state index in [0.717, 1.165) is 34.9 Å². The summed E-state index contributed by atoms with van der Waals surface area (Å²) in [6, 6.07) is 16.1. The van der Waals surface area contributed by atoms with Crippen LogP contribution in [0.2, 0.25) is 0 Å². The Bertz CT molecular complexity index is 1730. The molecule has 0 spiro atoms. The molecule has 47 heavy (non-hydrogen) atoms. The molecule has 2 saturated carbocycles. The Morgan fingerprint density at radius 2 is 1.79 bits per heavy atom. The number of fused-ring (bicyclic) bond motifs is 3. The minimum Gasteiger partial charge on any atom is -0.456 e. The van der Waals surface area contributed by atoms with Crippen LogP contribution in [-0.2, 0) is 29.6 Å². The second-order valence-corrected chi connectivity index (χ2v) is 13.8. The van der Waals surface area contributed by atoms with Crippen molar-refractivity contribution < 1.29 is 19.1 Å². The van der Waals surface area contributed by atoms with Crippen molar-refractivity contribution in [1.82, 2.24) is 30.5 Å². The van der Waals surface area contributed by atoms with Crippen molar-refractivity contribution in [2.45, 2.75) is 84.0 Å². The van der Waals surface area contributed by atoms with Gasteiger partial charge in [0, 0.05) is 42.3 Å². The molecule has 0 unspecified atom stereocenters. The summed E-state index contributed by atoms with van der Waals surface area (Å²) < 4.78 is 7.64. The van der Waals surface area contributed by atoms with Crippen LogP contribution < -0.4 is 16.0 Å². The van der Waals surface area contributed by atoms with Crippen molar-refractivity contribution in [3.63, 3.8) is 0 Å². The summed E-state index contributed by atoms with van der Waals surface area (Å²) in [6.07, 6.45) is 7.56. The summed E-state index contributed by atoms with van der Waals surface area (Å²) in [6.45, 7) is 5.97. The molecule has 4 N–H and O–H groups in total. The fraction of sp³-hybridized carbons (Fsp3) is 0.459. The molecule has 2 heterocycles. The lowest BCUT2D eigenvalue weighted by molar-refractivity contribution is -0.124. The fourth-order valence-electron chi connectivity index (χ4n) is 7.43. The van der Waals surface area contributed by atoms with Gasteiger partial charge in [0.15, 0.2) is 5.69 Å². The van der Waals surface area contributed by atoms with Gasteiger partial charge in [-0.2, -0.15) is 0 Å².